The lowest BCUT2D eigenvalue weighted by atomic mass is 9.97. The summed E-state index contributed by atoms with van der Waals surface area (Å²) in [5, 5.41) is 5.50. The molecule has 1 N–H and O–H groups in total. The van der Waals surface area contributed by atoms with Crippen LogP contribution in [0.1, 0.15) is 29.2 Å². The molecule has 6 rings (SSSR count). The van der Waals surface area contributed by atoms with E-state index < -0.39 is 28.9 Å². The Morgan fingerprint density at radius 1 is 1.00 bits per heavy atom. The van der Waals surface area contributed by atoms with Gasteiger partial charge in [0.25, 0.3) is 5.91 Å². The van der Waals surface area contributed by atoms with E-state index in [-0.39, 0.29) is 6.04 Å². The van der Waals surface area contributed by atoms with Crippen molar-refractivity contribution in [1.82, 2.24) is 34.5 Å². The van der Waals surface area contributed by atoms with Crippen LogP contribution in [0.15, 0.2) is 43.1 Å². The van der Waals surface area contributed by atoms with Crippen molar-refractivity contribution in [3.05, 3.63) is 66.1 Å². The van der Waals surface area contributed by atoms with E-state index in [0.29, 0.717) is 19.1 Å². The molecule has 2 fully saturated rings. The third-order valence-corrected chi connectivity index (χ3v) is 7.03. The van der Waals surface area contributed by atoms with Gasteiger partial charge in [-0.25, -0.2) is 23.1 Å². The summed E-state index contributed by atoms with van der Waals surface area (Å²) < 4.78 is 42.7. The molecule has 2 saturated heterocycles. The smallest absolute Gasteiger partial charge is 0.256 e. The molecule has 1 amide bonds. The van der Waals surface area contributed by atoms with Gasteiger partial charge in [0.15, 0.2) is 17.5 Å². The van der Waals surface area contributed by atoms with E-state index in [1.54, 1.807) is 0 Å². The van der Waals surface area contributed by atoms with Gasteiger partial charge in [0.2, 0.25) is 0 Å². The molecule has 180 valence electrons. The molecule has 0 atom stereocenters. The first-order valence-electron chi connectivity index (χ1n) is 11.5. The number of piperidine rings is 1. The fourth-order valence-corrected chi connectivity index (χ4v) is 5.01. The number of likely N-dealkylation sites (tertiary alicyclic amines) is 2. The normalized spacial score (nSPS) is 17.7. The number of nitrogens with zero attached hydrogens (tertiary/aromatic N) is 6. The lowest BCUT2D eigenvalue weighted by Gasteiger charge is -2.47. The molecule has 1 aromatic carbocycles. The Morgan fingerprint density at radius 2 is 1.80 bits per heavy atom. The van der Waals surface area contributed by atoms with Crippen LogP contribution in [0.5, 0.6) is 0 Å². The molecule has 3 aromatic heterocycles. The summed E-state index contributed by atoms with van der Waals surface area (Å²) in [5.41, 5.74) is 2.14. The predicted octanol–water partition coefficient (Wildman–Crippen LogP) is 3.40. The number of aromatic amines is 1. The number of halogens is 3. The SMILES string of the molecule is O=C(c1ccc(F)c(F)c1F)N1CCC(N2CC(n3cc(-c4ncnc5[nH]ccc45)cn3)C2)CC1. The Labute approximate surface area is 198 Å². The Kier molecular flexibility index (Phi) is 5.28. The van der Waals surface area contributed by atoms with Crippen LogP contribution in [-0.2, 0) is 0 Å². The molecule has 35 heavy (non-hydrogen) atoms. The number of fused-ring (bicyclic) bond motifs is 1. The van der Waals surface area contributed by atoms with E-state index in [4.69, 9.17) is 0 Å². The Bertz CT molecular complexity index is 1400. The van der Waals surface area contributed by atoms with Gasteiger partial charge in [-0.3, -0.25) is 14.4 Å². The molecule has 2 aliphatic rings. The number of hydrogen-bond donors (Lipinski definition) is 1. The first-order chi connectivity index (χ1) is 17.0. The Hall–Kier alpha value is -3.73. The zero-order valence-corrected chi connectivity index (χ0v) is 18.7. The molecule has 0 saturated carbocycles. The first kappa shape index (κ1) is 21.8. The van der Waals surface area contributed by atoms with Gasteiger partial charge in [0.05, 0.1) is 23.5 Å². The van der Waals surface area contributed by atoms with Crippen molar-refractivity contribution in [2.45, 2.75) is 24.9 Å². The van der Waals surface area contributed by atoms with Crippen molar-refractivity contribution >= 4 is 16.9 Å². The van der Waals surface area contributed by atoms with Crippen LogP contribution in [0, 0.1) is 17.5 Å². The van der Waals surface area contributed by atoms with Gasteiger partial charge in [0, 0.05) is 55.6 Å². The number of carbonyl (C=O) groups excluding carboxylic acids is 1. The minimum absolute atomic E-state index is 0.253. The average molecular weight is 481 g/mol. The summed E-state index contributed by atoms with van der Waals surface area (Å²) >= 11 is 0. The summed E-state index contributed by atoms with van der Waals surface area (Å²) in [7, 11) is 0. The highest BCUT2D eigenvalue weighted by Gasteiger charge is 2.36. The van der Waals surface area contributed by atoms with Crippen molar-refractivity contribution < 1.29 is 18.0 Å². The van der Waals surface area contributed by atoms with Gasteiger partial charge < -0.3 is 9.88 Å². The van der Waals surface area contributed by atoms with E-state index in [9.17, 15) is 18.0 Å². The van der Waals surface area contributed by atoms with Crippen LogP contribution < -0.4 is 0 Å². The van der Waals surface area contributed by atoms with Crippen LogP contribution in [-0.4, -0.2) is 72.7 Å². The summed E-state index contributed by atoms with van der Waals surface area (Å²) in [6, 6.07) is 4.30. The van der Waals surface area contributed by atoms with E-state index in [2.05, 4.69) is 25.0 Å². The summed E-state index contributed by atoms with van der Waals surface area (Å²) in [6.45, 7) is 2.58. The van der Waals surface area contributed by atoms with Crippen molar-refractivity contribution in [3.63, 3.8) is 0 Å². The highest BCUT2D eigenvalue weighted by atomic mass is 19.2. The quantitative estimate of drug-likeness (QED) is 0.452. The first-order valence-corrected chi connectivity index (χ1v) is 11.5. The van der Waals surface area contributed by atoms with Crippen LogP contribution in [0.2, 0.25) is 0 Å². The third-order valence-electron chi connectivity index (χ3n) is 7.03. The fraction of sp³-hybridized carbons (Fsp3) is 0.333. The number of benzene rings is 1. The molecule has 8 nitrogen and oxygen atoms in total. The second-order valence-corrected chi connectivity index (χ2v) is 9.03. The lowest BCUT2D eigenvalue weighted by molar-refractivity contribution is 0.0196. The van der Waals surface area contributed by atoms with Crippen molar-refractivity contribution in [1.29, 1.82) is 0 Å². The molecule has 2 aliphatic heterocycles. The molecule has 11 heteroatoms. The van der Waals surface area contributed by atoms with Gasteiger partial charge in [-0.15, -0.1) is 0 Å². The number of H-pyrrole nitrogens is 1. The fourth-order valence-electron chi connectivity index (χ4n) is 5.01. The third kappa shape index (κ3) is 3.75. The standard InChI is InChI=1S/C24H22F3N7O/c25-19-2-1-17(20(26)21(19)27)24(35)32-7-4-15(5-8-32)33-11-16(12-33)34-10-14(9-31-34)22-18-3-6-28-23(18)30-13-29-22/h1-3,6,9-10,13,15-16H,4-5,7-8,11-12H2,(H,28,29,30). The second-order valence-electron chi connectivity index (χ2n) is 9.03. The number of rotatable bonds is 4. The van der Waals surface area contributed by atoms with Crippen molar-refractivity contribution in [2.24, 2.45) is 0 Å². The van der Waals surface area contributed by atoms with Crippen molar-refractivity contribution in [3.8, 4) is 11.3 Å². The molecule has 0 bridgehead atoms. The van der Waals surface area contributed by atoms with Gasteiger partial charge >= 0.3 is 0 Å². The molecular weight excluding hydrogens is 459 g/mol. The van der Waals surface area contributed by atoms with Gasteiger partial charge in [-0.05, 0) is 31.0 Å². The van der Waals surface area contributed by atoms with Gasteiger partial charge in [-0.1, -0.05) is 0 Å². The lowest BCUT2D eigenvalue weighted by Crippen LogP contribution is -2.56. The average Bonchev–Trinajstić information content (AvgIpc) is 3.52. The molecule has 0 spiro atoms. The minimum Gasteiger partial charge on any atom is -0.346 e. The Morgan fingerprint density at radius 3 is 2.60 bits per heavy atom. The summed E-state index contributed by atoms with van der Waals surface area (Å²) in [4.78, 5) is 28.2. The maximum absolute atomic E-state index is 14.0. The van der Waals surface area contributed by atoms with Gasteiger partial charge in [0.1, 0.15) is 12.0 Å². The maximum Gasteiger partial charge on any atom is 0.256 e. The molecule has 4 aromatic rings. The molecule has 0 unspecified atom stereocenters. The summed E-state index contributed by atoms with van der Waals surface area (Å²) in [6.07, 6.45) is 8.67. The number of hydrogen-bond acceptors (Lipinski definition) is 5. The predicted molar refractivity (Wildman–Crippen MR) is 121 cm³/mol. The zero-order valence-electron chi connectivity index (χ0n) is 18.7. The van der Waals surface area contributed by atoms with E-state index in [1.165, 1.54) is 11.2 Å². The molecular formula is C24H22F3N7O. The molecule has 0 radical (unpaired) electrons. The highest BCUT2D eigenvalue weighted by Crippen LogP contribution is 2.31. The summed E-state index contributed by atoms with van der Waals surface area (Å²) in [5.74, 6) is -4.95. The highest BCUT2D eigenvalue weighted by molar-refractivity contribution is 5.94. The van der Waals surface area contributed by atoms with E-state index >= 15 is 0 Å². The van der Waals surface area contributed by atoms with Crippen LogP contribution >= 0.6 is 0 Å². The Balaban J connectivity index is 1.05. The largest absolute Gasteiger partial charge is 0.346 e. The molecule has 5 heterocycles. The second kappa shape index (κ2) is 8.49. The zero-order chi connectivity index (χ0) is 24.1. The van der Waals surface area contributed by atoms with Crippen molar-refractivity contribution in [2.75, 3.05) is 26.2 Å². The monoisotopic (exact) mass is 481 g/mol. The van der Waals surface area contributed by atoms with E-state index in [0.717, 1.165) is 60.4 Å². The molecule has 0 aliphatic carbocycles. The van der Waals surface area contributed by atoms with Crippen LogP contribution in [0.3, 0.4) is 0 Å². The minimum atomic E-state index is -1.61. The van der Waals surface area contributed by atoms with Crippen LogP contribution in [0.4, 0.5) is 13.2 Å². The van der Waals surface area contributed by atoms with Crippen LogP contribution in [0.25, 0.3) is 22.3 Å². The number of amides is 1. The van der Waals surface area contributed by atoms with E-state index in [1.807, 2.05) is 29.3 Å². The van der Waals surface area contributed by atoms with Gasteiger partial charge in [-0.2, -0.15) is 5.10 Å². The number of nitrogens with one attached hydrogen (secondary N) is 1. The number of aromatic nitrogens is 5. The number of carbonyl (C=O) groups is 1. The topological polar surface area (TPSA) is 82.9 Å². The maximum atomic E-state index is 14.0.